The third-order valence-corrected chi connectivity index (χ3v) is 5.16. The van der Waals surface area contributed by atoms with Gasteiger partial charge in [0.25, 0.3) is 0 Å². The number of ether oxygens (including phenoxy) is 5. The quantitative estimate of drug-likeness (QED) is 0.348. The van der Waals surface area contributed by atoms with E-state index < -0.39 is 5.97 Å². The second-order valence-corrected chi connectivity index (χ2v) is 7.26. The highest BCUT2D eigenvalue weighted by Crippen LogP contribution is 2.38. The van der Waals surface area contributed by atoms with Gasteiger partial charge in [0.15, 0.2) is 16.6 Å². The van der Waals surface area contributed by atoms with Gasteiger partial charge < -0.3 is 29.0 Å². The van der Waals surface area contributed by atoms with Crippen molar-refractivity contribution >= 4 is 34.2 Å². The summed E-state index contributed by atoms with van der Waals surface area (Å²) in [6, 6.07) is 11.0. The summed E-state index contributed by atoms with van der Waals surface area (Å²) in [5.74, 6) is 1.77. The van der Waals surface area contributed by atoms with Crippen LogP contribution < -0.4 is 24.3 Å². The summed E-state index contributed by atoms with van der Waals surface area (Å²) < 4.78 is 26.4. The van der Waals surface area contributed by atoms with Gasteiger partial charge in [0.1, 0.15) is 12.4 Å². The summed E-state index contributed by atoms with van der Waals surface area (Å²) in [6.45, 7) is 0.0687. The lowest BCUT2D eigenvalue weighted by molar-refractivity contribution is -0.139. The van der Waals surface area contributed by atoms with Crippen LogP contribution in [0.25, 0.3) is 6.08 Å². The van der Waals surface area contributed by atoms with Crippen molar-refractivity contribution in [1.82, 2.24) is 4.98 Å². The van der Waals surface area contributed by atoms with Crippen LogP contribution in [0.1, 0.15) is 11.3 Å². The molecule has 0 saturated heterocycles. The summed E-state index contributed by atoms with van der Waals surface area (Å²) >= 11 is 1.43. The molecule has 0 aliphatic heterocycles. The fourth-order valence-electron chi connectivity index (χ4n) is 2.78. The van der Waals surface area contributed by atoms with Gasteiger partial charge in [-0.3, -0.25) is 0 Å². The molecule has 0 aliphatic carbocycles. The molecule has 0 aliphatic rings. The third kappa shape index (κ3) is 5.92. The van der Waals surface area contributed by atoms with Crippen LogP contribution in [-0.2, 0) is 16.1 Å². The van der Waals surface area contributed by atoms with Crippen molar-refractivity contribution in [3.05, 3.63) is 59.1 Å². The van der Waals surface area contributed by atoms with Crippen LogP contribution in [0, 0.1) is 0 Å². The van der Waals surface area contributed by atoms with Crippen LogP contribution in [0.2, 0.25) is 0 Å². The predicted molar refractivity (Wildman–Crippen MR) is 123 cm³/mol. The topological polar surface area (TPSA) is 88.1 Å². The highest BCUT2D eigenvalue weighted by Gasteiger charge is 2.12. The van der Waals surface area contributed by atoms with E-state index in [0.29, 0.717) is 33.6 Å². The fraction of sp³-hybridized carbons (Fsp3) is 0.217. The van der Waals surface area contributed by atoms with Crippen molar-refractivity contribution in [2.45, 2.75) is 6.61 Å². The molecule has 8 nitrogen and oxygen atoms in total. The third-order valence-electron chi connectivity index (χ3n) is 4.35. The van der Waals surface area contributed by atoms with Crippen molar-refractivity contribution in [3.8, 4) is 23.0 Å². The Morgan fingerprint density at radius 3 is 2.28 bits per heavy atom. The molecule has 1 N–H and O–H groups in total. The van der Waals surface area contributed by atoms with E-state index in [1.54, 1.807) is 25.3 Å². The van der Waals surface area contributed by atoms with Gasteiger partial charge in [-0.25, -0.2) is 9.78 Å². The van der Waals surface area contributed by atoms with Crippen LogP contribution in [0.4, 0.5) is 10.8 Å². The first-order valence-corrected chi connectivity index (χ1v) is 10.4. The molecule has 0 atom stereocenters. The largest absolute Gasteiger partial charge is 0.497 e. The van der Waals surface area contributed by atoms with E-state index in [4.69, 9.17) is 23.7 Å². The Bertz CT molecular complexity index is 1050. The molecule has 0 fully saturated rings. The van der Waals surface area contributed by atoms with Gasteiger partial charge >= 0.3 is 5.97 Å². The predicted octanol–water partition coefficient (Wildman–Crippen LogP) is 4.68. The SMILES string of the molecule is COc1ccc(Nc2nc(COC(=O)/C=C/c3cc(OC)c(OC)c(OC)c3)cs2)cc1. The monoisotopic (exact) mass is 456 g/mol. The maximum absolute atomic E-state index is 12.1. The highest BCUT2D eigenvalue weighted by atomic mass is 32.1. The molecule has 0 bridgehead atoms. The van der Waals surface area contributed by atoms with E-state index in [2.05, 4.69) is 10.3 Å². The van der Waals surface area contributed by atoms with Gasteiger partial charge in [0.05, 0.1) is 34.1 Å². The van der Waals surface area contributed by atoms with E-state index in [-0.39, 0.29) is 6.61 Å². The molecule has 1 aromatic heterocycles. The molecular formula is C23H24N2O6S. The number of anilines is 2. The van der Waals surface area contributed by atoms with Crippen molar-refractivity contribution < 1.29 is 28.5 Å². The molecule has 0 amide bonds. The van der Waals surface area contributed by atoms with Gasteiger partial charge in [-0.1, -0.05) is 0 Å². The lowest BCUT2D eigenvalue weighted by Gasteiger charge is -2.12. The first kappa shape index (κ1) is 23.0. The molecule has 2 aromatic carbocycles. The zero-order chi connectivity index (χ0) is 22.9. The average molecular weight is 457 g/mol. The molecule has 32 heavy (non-hydrogen) atoms. The van der Waals surface area contributed by atoms with Gasteiger partial charge in [-0.15, -0.1) is 11.3 Å². The summed E-state index contributed by atoms with van der Waals surface area (Å²) in [7, 11) is 6.22. The molecule has 9 heteroatoms. The number of nitrogens with zero attached hydrogens (tertiary/aromatic N) is 1. The van der Waals surface area contributed by atoms with E-state index in [1.165, 1.54) is 38.7 Å². The zero-order valence-electron chi connectivity index (χ0n) is 18.2. The van der Waals surface area contributed by atoms with Gasteiger partial charge in [0, 0.05) is 17.1 Å². The Labute approximate surface area is 190 Å². The highest BCUT2D eigenvalue weighted by molar-refractivity contribution is 7.13. The first-order valence-electron chi connectivity index (χ1n) is 9.56. The maximum atomic E-state index is 12.1. The van der Waals surface area contributed by atoms with E-state index in [0.717, 1.165) is 11.4 Å². The number of aromatic nitrogens is 1. The Morgan fingerprint density at radius 1 is 1.00 bits per heavy atom. The number of hydrogen-bond acceptors (Lipinski definition) is 9. The lowest BCUT2D eigenvalue weighted by atomic mass is 10.1. The maximum Gasteiger partial charge on any atom is 0.331 e. The number of nitrogens with one attached hydrogen (secondary N) is 1. The molecule has 0 unspecified atom stereocenters. The number of thiazole rings is 1. The number of hydrogen-bond donors (Lipinski definition) is 1. The number of benzene rings is 2. The van der Waals surface area contributed by atoms with E-state index in [1.807, 2.05) is 29.6 Å². The molecular weight excluding hydrogens is 432 g/mol. The molecule has 1 heterocycles. The Hall–Kier alpha value is -3.72. The van der Waals surface area contributed by atoms with Gasteiger partial charge in [-0.05, 0) is 48.0 Å². The second-order valence-electron chi connectivity index (χ2n) is 6.40. The Kier molecular flexibility index (Phi) is 7.93. The minimum atomic E-state index is -0.489. The van der Waals surface area contributed by atoms with Gasteiger partial charge in [0.2, 0.25) is 5.75 Å². The summed E-state index contributed by atoms with van der Waals surface area (Å²) in [5.41, 5.74) is 2.24. The summed E-state index contributed by atoms with van der Waals surface area (Å²) in [4.78, 5) is 16.6. The van der Waals surface area contributed by atoms with Crippen molar-refractivity contribution in [3.63, 3.8) is 0 Å². The second kappa shape index (κ2) is 11.1. The normalized spacial score (nSPS) is 10.6. The molecule has 0 radical (unpaired) electrons. The van der Waals surface area contributed by atoms with Crippen molar-refractivity contribution in [2.75, 3.05) is 33.8 Å². The molecule has 168 valence electrons. The standard InChI is InChI=1S/C23H24N2O6S/c1-27-18-8-6-16(7-9-18)24-23-25-17(14-32-23)13-31-21(26)10-5-15-11-19(28-2)22(30-4)20(12-15)29-3/h5-12,14H,13H2,1-4H3,(H,24,25)/b10-5+. The van der Waals surface area contributed by atoms with Crippen molar-refractivity contribution in [1.29, 1.82) is 0 Å². The summed E-state index contributed by atoms with van der Waals surface area (Å²) in [5, 5.41) is 5.74. The van der Waals surface area contributed by atoms with Crippen LogP contribution in [0.5, 0.6) is 23.0 Å². The number of esters is 1. The van der Waals surface area contributed by atoms with E-state index >= 15 is 0 Å². The number of rotatable bonds is 10. The van der Waals surface area contributed by atoms with Crippen molar-refractivity contribution in [2.24, 2.45) is 0 Å². The number of methoxy groups -OCH3 is 4. The fourth-order valence-corrected chi connectivity index (χ4v) is 3.50. The minimum absolute atomic E-state index is 0.0687. The first-order chi connectivity index (χ1) is 15.6. The molecule has 3 rings (SSSR count). The number of carbonyl (C=O) groups excluding carboxylic acids is 1. The summed E-state index contributed by atoms with van der Waals surface area (Å²) in [6.07, 6.45) is 2.95. The zero-order valence-corrected chi connectivity index (χ0v) is 19.0. The Morgan fingerprint density at radius 2 is 1.69 bits per heavy atom. The molecule has 0 spiro atoms. The van der Waals surface area contributed by atoms with Crippen LogP contribution in [-0.4, -0.2) is 39.4 Å². The average Bonchev–Trinajstić information content (AvgIpc) is 3.28. The van der Waals surface area contributed by atoms with Crippen LogP contribution >= 0.6 is 11.3 Å². The van der Waals surface area contributed by atoms with E-state index in [9.17, 15) is 4.79 Å². The van der Waals surface area contributed by atoms with Gasteiger partial charge in [-0.2, -0.15) is 0 Å². The smallest absolute Gasteiger partial charge is 0.331 e. The Balaban J connectivity index is 1.56. The van der Waals surface area contributed by atoms with Crippen LogP contribution in [0.15, 0.2) is 47.9 Å². The minimum Gasteiger partial charge on any atom is -0.497 e. The lowest BCUT2D eigenvalue weighted by Crippen LogP contribution is -2.01. The van der Waals surface area contributed by atoms with Crippen LogP contribution in [0.3, 0.4) is 0 Å². The number of carbonyl (C=O) groups is 1. The molecule has 0 saturated carbocycles. The molecule has 3 aromatic rings.